The van der Waals surface area contributed by atoms with E-state index in [2.05, 4.69) is 10.6 Å². The van der Waals surface area contributed by atoms with Crippen molar-refractivity contribution in [3.63, 3.8) is 0 Å². The standard InChI is InChI=1S/C24H28ClN5O/c1-30(2)23-20-5-3-4-6-21(20)28-24(29-23)27-19-13-11-18(12-14-19)26-22(31)15-16-7-9-17(25)10-8-16/h3-10,18-19H,11-15H2,1-2H3,(H,26,31)(H,27,28,29). The molecule has 1 amide bonds. The molecule has 31 heavy (non-hydrogen) atoms. The van der Waals surface area contributed by atoms with Crippen LogP contribution in [0.1, 0.15) is 31.2 Å². The van der Waals surface area contributed by atoms with Crippen LogP contribution < -0.4 is 15.5 Å². The fraction of sp³-hybridized carbons (Fsp3) is 0.375. The van der Waals surface area contributed by atoms with Gasteiger partial charge in [0.1, 0.15) is 5.82 Å². The van der Waals surface area contributed by atoms with E-state index in [4.69, 9.17) is 21.6 Å². The molecule has 0 aliphatic heterocycles. The van der Waals surface area contributed by atoms with Gasteiger partial charge in [0.05, 0.1) is 11.9 Å². The molecule has 4 rings (SSSR count). The highest BCUT2D eigenvalue weighted by Gasteiger charge is 2.23. The zero-order chi connectivity index (χ0) is 21.8. The molecule has 6 nitrogen and oxygen atoms in total. The van der Waals surface area contributed by atoms with Crippen molar-refractivity contribution in [1.29, 1.82) is 0 Å². The van der Waals surface area contributed by atoms with Crippen LogP contribution >= 0.6 is 11.6 Å². The number of aromatic nitrogens is 2. The van der Waals surface area contributed by atoms with E-state index in [1.54, 1.807) is 0 Å². The lowest BCUT2D eigenvalue weighted by atomic mass is 9.91. The second-order valence-corrected chi connectivity index (χ2v) is 8.78. The highest BCUT2D eigenvalue weighted by Crippen LogP contribution is 2.26. The van der Waals surface area contributed by atoms with Gasteiger partial charge in [-0.05, 0) is 55.5 Å². The Balaban J connectivity index is 1.32. The molecule has 1 heterocycles. The lowest BCUT2D eigenvalue weighted by molar-refractivity contribution is -0.121. The fourth-order valence-corrected chi connectivity index (χ4v) is 4.22. The zero-order valence-corrected chi connectivity index (χ0v) is 18.7. The summed E-state index contributed by atoms with van der Waals surface area (Å²) >= 11 is 5.91. The molecule has 0 bridgehead atoms. The van der Waals surface area contributed by atoms with Gasteiger partial charge in [0.15, 0.2) is 0 Å². The molecule has 1 aliphatic carbocycles. The van der Waals surface area contributed by atoms with Gasteiger partial charge in [-0.15, -0.1) is 0 Å². The Morgan fingerprint density at radius 1 is 1.00 bits per heavy atom. The Morgan fingerprint density at radius 2 is 1.68 bits per heavy atom. The summed E-state index contributed by atoms with van der Waals surface area (Å²) in [5, 5.41) is 8.42. The normalized spacial score (nSPS) is 18.5. The number of nitrogens with one attached hydrogen (secondary N) is 2. The van der Waals surface area contributed by atoms with E-state index in [0.717, 1.165) is 48.0 Å². The molecular weight excluding hydrogens is 410 g/mol. The second-order valence-electron chi connectivity index (χ2n) is 8.35. The average molecular weight is 438 g/mol. The van der Waals surface area contributed by atoms with E-state index in [1.807, 2.05) is 67.5 Å². The zero-order valence-electron chi connectivity index (χ0n) is 17.9. The number of halogens is 1. The van der Waals surface area contributed by atoms with E-state index in [1.165, 1.54) is 0 Å². The maximum absolute atomic E-state index is 12.4. The molecule has 0 radical (unpaired) electrons. The lowest BCUT2D eigenvalue weighted by Gasteiger charge is -2.30. The SMILES string of the molecule is CN(C)c1nc(NC2CCC(NC(=O)Cc3ccc(Cl)cc3)CC2)nc2ccccc12. The summed E-state index contributed by atoms with van der Waals surface area (Å²) in [6, 6.07) is 16.0. The Kier molecular flexibility index (Phi) is 6.56. The molecule has 0 atom stereocenters. The first kappa shape index (κ1) is 21.4. The number of para-hydroxylation sites is 1. The maximum Gasteiger partial charge on any atom is 0.225 e. The van der Waals surface area contributed by atoms with Gasteiger partial charge in [-0.1, -0.05) is 35.9 Å². The average Bonchev–Trinajstić information content (AvgIpc) is 2.76. The third-order valence-corrected chi connectivity index (χ3v) is 5.96. The number of anilines is 2. The molecule has 7 heteroatoms. The minimum absolute atomic E-state index is 0.0622. The monoisotopic (exact) mass is 437 g/mol. The molecule has 0 unspecified atom stereocenters. The van der Waals surface area contributed by atoms with Gasteiger partial charge < -0.3 is 15.5 Å². The lowest BCUT2D eigenvalue weighted by Crippen LogP contribution is -2.40. The fourth-order valence-electron chi connectivity index (χ4n) is 4.10. The van der Waals surface area contributed by atoms with Crippen LogP contribution in [0.25, 0.3) is 10.9 Å². The van der Waals surface area contributed by atoms with Crippen LogP contribution in [0.2, 0.25) is 5.02 Å². The second kappa shape index (κ2) is 9.52. The van der Waals surface area contributed by atoms with Crippen LogP contribution in [0.4, 0.5) is 11.8 Å². The van der Waals surface area contributed by atoms with Gasteiger partial charge in [-0.2, -0.15) is 4.98 Å². The van der Waals surface area contributed by atoms with Crippen molar-refractivity contribution in [2.75, 3.05) is 24.3 Å². The van der Waals surface area contributed by atoms with E-state index >= 15 is 0 Å². The van der Waals surface area contributed by atoms with Gasteiger partial charge in [0, 0.05) is 36.6 Å². The quantitative estimate of drug-likeness (QED) is 0.597. The number of amides is 1. The van der Waals surface area contributed by atoms with Crippen LogP contribution in [0.3, 0.4) is 0 Å². The predicted molar refractivity (Wildman–Crippen MR) is 127 cm³/mol. The van der Waals surface area contributed by atoms with Gasteiger partial charge >= 0.3 is 0 Å². The minimum atomic E-state index is 0.0622. The predicted octanol–water partition coefficient (Wildman–Crippen LogP) is 4.43. The first-order valence-corrected chi connectivity index (χ1v) is 11.1. The number of nitrogens with zero attached hydrogens (tertiary/aromatic N) is 3. The molecule has 2 aromatic carbocycles. The molecular formula is C24H28ClN5O. The minimum Gasteiger partial charge on any atom is -0.362 e. The van der Waals surface area contributed by atoms with Crippen LogP contribution in [0.5, 0.6) is 0 Å². The Bertz CT molecular complexity index is 1050. The molecule has 1 aliphatic rings. The summed E-state index contributed by atoms with van der Waals surface area (Å²) in [6.07, 6.45) is 4.21. The molecule has 1 fully saturated rings. The number of carbonyl (C=O) groups excluding carboxylic acids is 1. The number of fused-ring (bicyclic) bond motifs is 1. The topological polar surface area (TPSA) is 70.2 Å². The summed E-state index contributed by atoms with van der Waals surface area (Å²) in [5.74, 6) is 1.64. The van der Waals surface area contributed by atoms with Crippen LogP contribution in [0.15, 0.2) is 48.5 Å². The van der Waals surface area contributed by atoms with Crippen molar-refractivity contribution < 1.29 is 4.79 Å². The summed E-state index contributed by atoms with van der Waals surface area (Å²) in [6.45, 7) is 0. The van der Waals surface area contributed by atoms with Crippen LogP contribution in [0, 0.1) is 0 Å². The molecule has 1 aromatic heterocycles. The Hall–Kier alpha value is -2.86. The van der Waals surface area contributed by atoms with Crippen molar-refractivity contribution in [2.24, 2.45) is 0 Å². The maximum atomic E-state index is 12.4. The van der Waals surface area contributed by atoms with Crippen molar-refractivity contribution in [3.8, 4) is 0 Å². The van der Waals surface area contributed by atoms with Crippen LogP contribution in [-0.4, -0.2) is 42.1 Å². The first-order chi connectivity index (χ1) is 15.0. The van der Waals surface area contributed by atoms with Crippen molar-refractivity contribution in [2.45, 2.75) is 44.2 Å². The highest BCUT2D eigenvalue weighted by molar-refractivity contribution is 6.30. The molecule has 162 valence electrons. The molecule has 2 N–H and O–H groups in total. The molecule has 0 saturated heterocycles. The summed E-state index contributed by atoms with van der Waals surface area (Å²) in [7, 11) is 3.99. The highest BCUT2D eigenvalue weighted by atomic mass is 35.5. The summed E-state index contributed by atoms with van der Waals surface area (Å²) < 4.78 is 0. The molecule has 1 saturated carbocycles. The van der Waals surface area contributed by atoms with Gasteiger partial charge in [-0.3, -0.25) is 4.79 Å². The third-order valence-electron chi connectivity index (χ3n) is 5.71. The number of benzene rings is 2. The largest absolute Gasteiger partial charge is 0.362 e. The first-order valence-electron chi connectivity index (χ1n) is 10.7. The van der Waals surface area contributed by atoms with Gasteiger partial charge in [0.2, 0.25) is 11.9 Å². The number of rotatable bonds is 6. The van der Waals surface area contributed by atoms with Crippen molar-refractivity contribution >= 4 is 40.2 Å². The Morgan fingerprint density at radius 3 is 2.39 bits per heavy atom. The van der Waals surface area contributed by atoms with Crippen molar-refractivity contribution in [3.05, 3.63) is 59.1 Å². The third kappa shape index (κ3) is 5.44. The van der Waals surface area contributed by atoms with Gasteiger partial charge in [-0.25, -0.2) is 4.98 Å². The molecule has 3 aromatic rings. The summed E-state index contributed by atoms with van der Waals surface area (Å²) in [5.41, 5.74) is 1.91. The Labute approximate surface area is 188 Å². The number of hydrogen-bond donors (Lipinski definition) is 2. The van der Waals surface area contributed by atoms with E-state index in [0.29, 0.717) is 23.4 Å². The molecule has 0 spiro atoms. The van der Waals surface area contributed by atoms with E-state index in [-0.39, 0.29) is 11.9 Å². The van der Waals surface area contributed by atoms with Crippen molar-refractivity contribution in [1.82, 2.24) is 15.3 Å². The van der Waals surface area contributed by atoms with Gasteiger partial charge in [0.25, 0.3) is 0 Å². The number of carbonyl (C=O) groups is 1. The smallest absolute Gasteiger partial charge is 0.225 e. The van der Waals surface area contributed by atoms with E-state index in [9.17, 15) is 4.79 Å². The van der Waals surface area contributed by atoms with Crippen LogP contribution in [-0.2, 0) is 11.2 Å². The number of hydrogen-bond acceptors (Lipinski definition) is 5. The summed E-state index contributed by atoms with van der Waals surface area (Å²) in [4.78, 5) is 23.8. The van der Waals surface area contributed by atoms with E-state index < -0.39 is 0 Å².